The molecule has 1 aromatic rings. The number of halogens is 1. The van der Waals surface area contributed by atoms with Gasteiger partial charge in [-0.15, -0.1) is 0 Å². The van der Waals surface area contributed by atoms with Crippen molar-refractivity contribution in [1.82, 2.24) is 0 Å². The lowest BCUT2D eigenvalue weighted by Crippen LogP contribution is -2.19. The van der Waals surface area contributed by atoms with Crippen LogP contribution in [0.4, 0.5) is 0 Å². The molecule has 3 N–H and O–H groups in total. The number of azide groups is 1. The van der Waals surface area contributed by atoms with Crippen LogP contribution in [0.15, 0.2) is 27.8 Å². The van der Waals surface area contributed by atoms with Crippen molar-refractivity contribution in [1.29, 1.82) is 0 Å². The van der Waals surface area contributed by atoms with Gasteiger partial charge in [0, 0.05) is 21.5 Å². The van der Waals surface area contributed by atoms with Crippen molar-refractivity contribution in [2.75, 3.05) is 6.54 Å². The Labute approximate surface area is 106 Å². The summed E-state index contributed by atoms with van der Waals surface area (Å²) in [7, 11) is 0. The lowest BCUT2D eigenvalue weighted by atomic mass is 10.0. The van der Waals surface area contributed by atoms with Crippen LogP contribution in [0.25, 0.3) is 10.4 Å². The van der Waals surface area contributed by atoms with Crippen molar-refractivity contribution in [2.45, 2.75) is 18.6 Å². The van der Waals surface area contributed by atoms with Gasteiger partial charge in [0.15, 0.2) is 0 Å². The number of aliphatic hydroxyl groups is 2. The van der Waals surface area contributed by atoms with Gasteiger partial charge in [-0.3, -0.25) is 0 Å². The molecular formula is C10H12BrN3O3. The Morgan fingerprint density at radius 3 is 2.71 bits per heavy atom. The van der Waals surface area contributed by atoms with Crippen LogP contribution in [-0.2, 0) is 0 Å². The van der Waals surface area contributed by atoms with Gasteiger partial charge in [0.05, 0.1) is 6.10 Å². The van der Waals surface area contributed by atoms with Crippen molar-refractivity contribution < 1.29 is 15.3 Å². The number of benzene rings is 1. The minimum atomic E-state index is -1.21. The van der Waals surface area contributed by atoms with Crippen LogP contribution in [0.5, 0.6) is 5.75 Å². The first-order valence-corrected chi connectivity index (χ1v) is 5.71. The zero-order chi connectivity index (χ0) is 12.8. The van der Waals surface area contributed by atoms with Crippen molar-refractivity contribution in [3.05, 3.63) is 38.7 Å². The maximum atomic E-state index is 9.80. The van der Waals surface area contributed by atoms with Gasteiger partial charge in [-0.1, -0.05) is 27.1 Å². The van der Waals surface area contributed by atoms with Crippen LogP contribution < -0.4 is 0 Å². The lowest BCUT2D eigenvalue weighted by Gasteiger charge is -2.18. The van der Waals surface area contributed by atoms with Gasteiger partial charge < -0.3 is 15.3 Å². The molecule has 17 heavy (non-hydrogen) atoms. The third-order valence-electron chi connectivity index (χ3n) is 2.26. The van der Waals surface area contributed by atoms with Crippen LogP contribution in [0.2, 0.25) is 0 Å². The number of hydrogen-bond acceptors (Lipinski definition) is 4. The molecule has 0 saturated carbocycles. The summed E-state index contributed by atoms with van der Waals surface area (Å²) in [6, 6.07) is 4.60. The largest absolute Gasteiger partial charge is 0.508 e. The Morgan fingerprint density at radius 1 is 1.41 bits per heavy atom. The molecule has 6 nitrogen and oxygen atoms in total. The molecule has 0 amide bonds. The zero-order valence-electron chi connectivity index (χ0n) is 8.86. The van der Waals surface area contributed by atoms with E-state index >= 15 is 0 Å². The molecule has 0 aliphatic carbocycles. The molecule has 2 atom stereocenters. The average molecular weight is 302 g/mol. The van der Waals surface area contributed by atoms with Crippen LogP contribution in [0.3, 0.4) is 0 Å². The Morgan fingerprint density at radius 2 is 2.12 bits per heavy atom. The van der Waals surface area contributed by atoms with E-state index in [1.165, 1.54) is 12.1 Å². The van der Waals surface area contributed by atoms with E-state index in [1.807, 2.05) is 0 Å². The van der Waals surface area contributed by atoms with Crippen molar-refractivity contribution >= 4 is 15.9 Å². The normalized spacial score (nSPS) is 13.8. The summed E-state index contributed by atoms with van der Waals surface area (Å²) >= 11 is 3.17. The highest BCUT2D eigenvalue weighted by Crippen LogP contribution is 2.30. The molecule has 1 aromatic carbocycles. The molecule has 7 heteroatoms. The SMILES string of the molecule is [N-]=[N+]=NCCC(O)C(O)c1ccc(Br)cc1O. The maximum Gasteiger partial charge on any atom is 0.122 e. The van der Waals surface area contributed by atoms with Crippen LogP contribution >= 0.6 is 15.9 Å². The van der Waals surface area contributed by atoms with Crippen molar-refractivity contribution in [3.8, 4) is 5.75 Å². The Hall–Kier alpha value is -1.27. The minimum absolute atomic E-state index is 0.0893. The van der Waals surface area contributed by atoms with E-state index in [2.05, 4.69) is 26.0 Å². The van der Waals surface area contributed by atoms with Crippen molar-refractivity contribution in [2.24, 2.45) is 5.11 Å². The molecule has 0 aliphatic rings. The highest BCUT2D eigenvalue weighted by atomic mass is 79.9. The molecule has 92 valence electrons. The zero-order valence-corrected chi connectivity index (χ0v) is 10.4. The second kappa shape index (κ2) is 6.46. The number of aromatic hydroxyl groups is 1. The molecule has 0 spiro atoms. The molecule has 0 aromatic heterocycles. The topological polar surface area (TPSA) is 109 Å². The fourth-order valence-corrected chi connectivity index (χ4v) is 1.72. The summed E-state index contributed by atoms with van der Waals surface area (Å²) in [6.07, 6.45) is -2.18. The number of hydrogen-bond donors (Lipinski definition) is 3. The lowest BCUT2D eigenvalue weighted by molar-refractivity contribution is 0.0137. The summed E-state index contributed by atoms with van der Waals surface area (Å²) in [5.74, 6) is -0.102. The first-order valence-electron chi connectivity index (χ1n) is 4.91. The predicted octanol–water partition coefficient (Wildman–Crippen LogP) is 2.25. The highest BCUT2D eigenvalue weighted by molar-refractivity contribution is 9.10. The Bertz CT molecular complexity index is 435. The Balaban J connectivity index is 2.73. The van der Waals surface area contributed by atoms with Crippen molar-refractivity contribution in [3.63, 3.8) is 0 Å². The summed E-state index contributed by atoms with van der Waals surface area (Å²) < 4.78 is 0.675. The van der Waals surface area contributed by atoms with Gasteiger partial charge in [-0.05, 0) is 24.1 Å². The first-order chi connectivity index (χ1) is 8.06. The molecule has 0 heterocycles. The van der Waals surface area contributed by atoms with Gasteiger partial charge in [0.2, 0.25) is 0 Å². The molecular weight excluding hydrogens is 290 g/mol. The van der Waals surface area contributed by atoms with Gasteiger partial charge >= 0.3 is 0 Å². The average Bonchev–Trinajstić information content (AvgIpc) is 2.28. The third kappa shape index (κ3) is 3.90. The Kier molecular flexibility index (Phi) is 5.24. The summed E-state index contributed by atoms with van der Waals surface area (Å²) in [5.41, 5.74) is 8.32. The smallest absolute Gasteiger partial charge is 0.122 e. The second-order valence-corrected chi connectivity index (χ2v) is 4.37. The number of phenolic OH excluding ortho intramolecular Hbond substituents is 1. The van der Waals surface area contributed by atoms with Crippen LogP contribution in [-0.4, -0.2) is 28.0 Å². The van der Waals surface area contributed by atoms with Gasteiger partial charge in [0.1, 0.15) is 11.9 Å². The molecule has 0 aliphatic heterocycles. The van der Waals surface area contributed by atoms with Gasteiger partial charge in [-0.25, -0.2) is 0 Å². The monoisotopic (exact) mass is 301 g/mol. The number of phenols is 1. The second-order valence-electron chi connectivity index (χ2n) is 3.46. The minimum Gasteiger partial charge on any atom is -0.508 e. The standard InChI is InChI=1S/C10H12BrN3O3/c11-6-1-2-7(9(16)5-6)10(17)8(15)3-4-13-14-12/h1-2,5,8,10,15-17H,3-4H2. The van der Waals surface area contributed by atoms with Gasteiger partial charge in [0.25, 0.3) is 0 Å². The van der Waals surface area contributed by atoms with E-state index in [0.29, 0.717) is 4.47 Å². The summed E-state index contributed by atoms with van der Waals surface area (Å²) in [4.78, 5) is 2.55. The van der Waals surface area contributed by atoms with E-state index in [1.54, 1.807) is 6.07 Å². The fraction of sp³-hybridized carbons (Fsp3) is 0.400. The highest BCUT2D eigenvalue weighted by Gasteiger charge is 2.20. The van der Waals surface area contributed by atoms with E-state index in [4.69, 9.17) is 5.53 Å². The van der Waals surface area contributed by atoms with E-state index in [-0.39, 0.29) is 24.3 Å². The maximum absolute atomic E-state index is 9.80. The summed E-state index contributed by atoms with van der Waals surface area (Å²) in [5, 5.41) is 32.3. The molecule has 1 rings (SSSR count). The molecule has 0 bridgehead atoms. The summed E-state index contributed by atoms with van der Waals surface area (Å²) in [6.45, 7) is 0.0893. The molecule has 0 radical (unpaired) electrons. The third-order valence-corrected chi connectivity index (χ3v) is 2.76. The number of nitrogens with zero attached hydrogens (tertiary/aromatic N) is 3. The number of aliphatic hydroxyl groups excluding tert-OH is 2. The number of rotatable bonds is 5. The van der Waals surface area contributed by atoms with E-state index < -0.39 is 12.2 Å². The predicted molar refractivity (Wildman–Crippen MR) is 65.4 cm³/mol. The van der Waals surface area contributed by atoms with E-state index in [9.17, 15) is 15.3 Å². The molecule has 0 fully saturated rings. The molecule has 2 unspecified atom stereocenters. The van der Waals surface area contributed by atoms with Crippen LogP contribution in [0.1, 0.15) is 18.1 Å². The van der Waals surface area contributed by atoms with Gasteiger partial charge in [-0.2, -0.15) is 0 Å². The molecule has 0 saturated heterocycles. The fourth-order valence-electron chi connectivity index (χ4n) is 1.37. The van der Waals surface area contributed by atoms with E-state index in [0.717, 1.165) is 0 Å². The van der Waals surface area contributed by atoms with Crippen LogP contribution in [0, 0.1) is 0 Å². The quantitative estimate of drug-likeness (QED) is 0.441. The first kappa shape index (κ1) is 13.8.